The molecule has 0 fully saturated rings. The summed E-state index contributed by atoms with van der Waals surface area (Å²) in [5, 5.41) is -0.0258. The molecular formula is C15H16ClF2N3O2. The van der Waals surface area contributed by atoms with Crippen LogP contribution in [0.25, 0.3) is 0 Å². The minimum absolute atomic E-state index is 0.0258. The van der Waals surface area contributed by atoms with Gasteiger partial charge in [0.1, 0.15) is 5.15 Å². The average Bonchev–Trinajstić information content (AvgIpc) is 2.49. The Morgan fingerprint density at radius 1 is 1.30 bits per heavy atom. The molecular weight excluding hydrogens is 328 g/mol. The van der Waals surface area contributed by atoms with Crippen molar-refractivity contribution in [3.05, 3.63) is 67.0 Å². The fourth-order valence-corrected chi connectivity index (χ4v) is 2.56. The number of nitrogens with zero attached hydrogens (tertiary/aromatic N) is 1. The van der Waals surface area contributed by atoms with E-state index in [0.29, 0.717) is 5.56 Å². The van der Waals surface area contributed by atoms with E-state index in [1.54, 1.807) is 6.92 Å². The number of halogens is 3. The predicted molar refractivity (Wildman–Crippen MR) is 83.6 cm³/mol. The summed E-state index contributed by atoms with van der Waals surface area (Å²) in [6.45, 7) is 1.88. The first-order valence-electron chi connectivity index (χ1n) is 7.07. The maximum Gasteiger partial charge on any atom is 0.329 e. The van der Waals surface area contributed by atoms with Gasteiger partial charge in [0.15, 0.2) is 11.6 Å². The highest BCUT2D eigenvalue weighted by Crippen LogP contribution is 2.19. The van der Waals surface area contributed by atoms with Crippen molar-refractivity contribution >= 4 is 11.6 Å². The van der Waals surface area contributed by atoms with Crippen LogP contribution in [0.15, 0.2) is 27.8 Å². The first-order valence-corrected chi connectivity index (χ1v) is 7.45. The van der Waals surface area contributed by atoms with Crippen molar-refractivity contribution in [3.8, 4) is 0 Å². The molecule has 5 nitrogen and oxygen atoms in total. The molecule has 0 saturated heterocycles. The van der Waals surface area contributed by atoms with E-state index in [2.05, 4.69) is 4.98 Å². The summed E-state index contributed by atoms with van der Waals surface area (Å²) in [4.78, 5) is 26.2. The summed E-state index contributed by atoms with van der Waals surface area (Å²) < 4.78 is 27.2. The smallest absolute Gasteiger partial charge is 0.324 e. The molecule has 1 heterocycles. The molecule has 0 radical (unpaired) electrons. The summed E-state index contributed by atoms with van der Waals surface area (Å²) >= 11 is 5.92. The number of aromatic nitrogens is 2. The van der Waals surface area contributed by atoms with Crippen LogP contribution in [-0.2, 0) is 13.0 Å². The highest BCUT2D eigenvalue weighted by molar-refractivity contribution is 6.30. The Morgan fingerprint density at radius 2 is 2.00 bits per heavy atom. The molecule has 0 saturated carbocycles. The molecule has 0 spiro atoms. The monoisotopic (exact) mass is 343 g/mol. The first kappa shape index (κ1) is 17.4. The molecule has 1 atom stereocenters. The lowest BCUT2D eigenvalue weighted by Gasteiger charge is -2.13. The zero-order valence-corrected chi connectivity index (χ0v) is 13.2. The molecule has 0 bridgehead atoms. The van der Waals surface area contributed by atoms with Gasteiger partial charge in [0.2, 0.25) is 0 Å². The third-order valence-corrected chi connectivity index (χ3v) is 3.95. The maximum absolute atomic E-state index is 13.2. The normalized spacial score (nSPS) is 12.4. The second-order valence-corrected chi connectivity index (χ2v) is 5.47. The van der Waals surface area contributed by atoms with E-state index >= 15 is 0 Å². The molecule has 0 aliphatic carbocycles. The lowest BCUT2D eigenvalue weighted by Crippen LogP contribution is -2.37. The van der Waals surface area contributed by atoms with Crippen molar-refractivity contribution < 1.29 is 8.78 Å². The van der Waals surface area contributed by atoms with Crippen LogP contribution >= 0.6 is 11.6 Å². The van der Waals surface area contributed by atoms with Crippen molar-refractivity contribution in [2.45, 2.75) is 32.4 Å². The molecule has 0 aliphatic rings. The third kappa shape index (κ3) is 3.68. The van der Waals surface area contributed by atoms with Gasteiger partial charge in [-0.15, -0.1) is 0 Å². The summed E-state index contributed by atoms with van der Waals surface area (Å²) in [6.07, 6.45) is 0.490. The van der Waals surface area contributed by atoms with Crippen LogP contribution in [-0.4, -0.2) is 9.55 Å². The van der Waals surface area contributed by atoms with Gasteiger partial charge in [0.25, 0.3) is 5.56 Å². The standard InChI is InChI=1S/C15H16ClF2N3O2/c1-2-21-14(22)9(13(16)20-15(21)23)4-6-12(19)8-3-5-10(17)11(18)7-8/h3,5,7,12H,2,4,6,19H2,1H3,(H,20,23). The van der Waals surface area contributed by atoms with Crippen molar-refractivity contribution in [1.82, 2.24) is 9.55 Å². The molecule has 1 aromatic carbocycles. The van der Waals surface area contributed by atoms with Gasteiger partial charge in [-0.25, -0.2) is 13.6 Å². The van der Waals surface area contributed by atoms with E-state index in [1.165, 1.54) is 6.07 Å². The van der Waals surface area contributed by atoms with Crippen molar-refractivity contribution in [1.29, 1.82) is 0 Å². The van der Waals surface area contributed by atoms with E-state index in [0.717, 1.165) is 16.7 Å². The Labute approximate surface area is 135 Å². The Kier molecular flexibility index (Phi) is 5.33. The number of H-pyrrole nitrogens is 1. The fourth-order valence-electron chi connectivity index (χ4n) is 2.30. The highest BCUT2D eigenvalue weighted by Gasteiger charge is 2.15. The number of aromatic amines is 1. The number of nitrogens with two attached hydrogens (primary N) is 1. The lowest BCUT2D eigenvalue weighted by molar-refractivity contribution is 0.504. The number of hydrogen-bond donors (Lipinski definition) is 2. The molecule has 3 N–H and O–H groups in total. The van der Waals surface area contributed by atoms with Gasteiger partial charge >= 0.3 is 5.69 Å². The Balaban J connectivity index is 2.22. The van der Waals surface area contributed by atoms with Gasteiger partial charge in [0, 0.05) is 12.6 Å². The van der Waals surface area contributed by atoms with Crippen LogP contribution < -0.4 is 17.0 Å². The Hall–Kier alpha value is -1.99. The van der Waals surface area contributed by atoms with Gasteiger partial charge in [-0.3, -0.25) is 14.3 Å². The van der Waals surface area contributed by atoms with Gasteiger partial charge in [-0.2, -0.15) is 0 Å². The second kappa shape index (κ2) is 7.06. The molecule has 2 rings (SSSR count). The number of rotatable bonds is 5. The molecule has 2 aromatic rings. The Bertz CT molecular complexity index is 832. The van der Waals surface area contributed by atoms with Crippen molar-refractivity contribution in [2.24, 2.45) is 5.73 Å². The third-order valence-electron chi connectivity index (χ3n) is 3.62. The second-order valence-electron chi connectivity index (χ2n) is 5.09. The fraction of sp³-hybridized carbons (Fsp3) is 0.333. The number of benzene rings is 1. The first-order chi connectivity index (χ1) is 10.8. The van der Waals surface area contributed by atoms with Crippen LogP contribution in [0.2, 0.25) is 5.15 Å². The van der Waals surface area contributed by atoms with E-state index < -0.39 is 28.9 Å². The van der Waals surface area contributed by atoms with Gasteiger partial charge < -0.3 is 5.73 Å². The largest absolute Gasteiger partial charge is 0.329 e. The Morgan fingerprint density at radius 3 is 2.61 bits per heavy atom. The minimum atomic E-state index is -0.978. The van der Waals surface area contributed by atoms with Gasteiger partial charge in [-0.1, -0.05) is 17.7 Å². The maximum atomic E-state index is 13.2. The van der Waals surface area contributed by atoms with Crippen molar-refractivity contribution in [2.75, 3.05) is 0 Å². The van der Waals surface area contributed by atoms with Crippen LogP contribution in [0.1, 0.15) is 30.5 Å². The van der Waals surface area contributed by atoms with Gasteiger partial charge in [0.05, 0.1) is 5.56 Å². The quantitative estimate of drug-likeness (QED) is 0.816. The topological polar surface area (TPSA) is 80.9 Å². The van der Waals surface area contributed by atoms with Crippen LogP contribution in [0.4, 0.5) is 8.78 Å². The molecule has 8 heteroatoms. The van der Waals surface area contributed by atoms with Crippen molar-refractivity contribution in [3.63, 3.8) is 0 Å². The lowest BCUT2D eigenvalue weighted by atomic mass is 10.0. The van der Waals surface area contributed by atoms with Crippen LogP contribution in [0, 0.1) is 11.6 Å². The van der Waals surface area contributed by atoms with E-state index in [4.69, 9.17) is 17.3 Å². The molecule has 124 valence electrons. The van der Waals surface area contributed by atoms with E-state index in [-0.39, 0.29) is 30.1 Å². The summed E-state index contributed by atoms with van der Waals surface area (Å²) in [6, 6.07) is 2.82. The zero-order valence-electron chi connectivity index (χ0n) is 12.4. The summed E-state index contributed by atoms with van der Waals surface area (Å²) in [5.41, 5.74) is 5.56. The molecule has 1 unspecified atom stereocenters. The van der Waals surface area contributed by atoms with Crippen LogP contribution in [0.5, 0.6) is 0 Å². The summed E-state index contributed by atoms with van der Waals surface area (Å²) in [5.74, 6) is -1.93. The van der Waals surface area contributed by atoms with E-state index in [1.807, 2.05) is 0 Å². The van der Waals surface area contributed by atoms with Gasteiger partial charge in [-0.05, 0) is 37.5 Å². The summed E-state index contributed by atoms with van der Waals surface area (Å²) in [7, 11) is 0. The number of nitrogens with one attached hydrogen (secondary N) is 1. The SMILES string of the molecule is CCn1c(=O)[nH]c(Cl)c(CCC(N)c2ccc(F)c(F)c2)c1=O. The minimum Gasteiger partial charge on any atom is -0.324 e. The molecule has 1 aromatic heterocycles. The van der Waals surface area contributed by atoms with Crippen LogP contribution in [0.3, 0.4) is 0 Å². The number of hydrogen-bond acceptors (Lipinski definition) is 3. The zero-order chi connectivity index (χ0) is 17.1. The average molecular weight is 344 g/mol. The molecule has 23 heavy (non-hydrogen) atoms. The molecule has 0 amide bonds. The van der Waals surface area contributed by atoms with E-state index in [9.17, 15) is 18.4 Å². The molecule has 0 aliphatic heterocycles. The highest BCUT2D eigenvalue weighted by atomic mass is 35.5. The predicted octanol–water partition coefficient (Wildman–Crippen LogP) is 2.12.